The molecule has 0 radical (unpaired) electrons. The predicted octanol–water partition coefficient (Wildman–Crippen LogP) is 1.02. The molecule has 0 aromatic carbocycles. The molecule has 1 heterocycles. The Morgan fingerprint density at radius 2 is 2.28 bits per heavy atom. The maximum atomic E-state index is 11.9. The van der Waals surface area contributed by atoms with Crippen LogP contribution in [0.4, 0.5) is 5.82 Å². The van der Waals surface area contributed by atoms with Crippen molar-refractivity contribution in [1.29, 1.82) is 0 Å². The molecule has 0 fully saturated rings. The molecule has 3 N–H and O–H groups in total. The average Bonchev–Trinajstić information content (AvgIpc) is 2.30. The Hall–Kier alpha value is -0.890. The highest BCUT2D eigenvalue weighted by Crippen LogP contribution is 2.19. The normalized spacial score (nSPS) is 13.5. The predicted molar refractivity (Wildman–Crippen MR) is 69.9 cm³/mol. The number of rotatable bonds is 6. The number of halogens is 1. The smallest absolute Gasteiger partial charge is 0.242 e. The molecule has 102 valence electrons. The van der Waals surface area contributed by atoms with Crippen LogP contribution >= 0.6 is 11.6 Å². The Morgan fingerprint density at radius 1 is 1.61 bits per heavy atom. The third-order valence-electron chi connectivity index (χ3n) is 2.17. The molecule has 0 amide bonds. The molecule has 0 aliphatic heterocycles. The summed E-state index contributed by atoms with van der Waals surface area (Å²) in [5.41, 5.74) is 5.42. The van der Waals surface area contributed by atoms with Gasteiger partial charge in [-0.15, -0.1) is 0 Å². The first kappa shape index (κ1) is 15.2. The molecule has 1 atom stereocenters. The maximum absolute atomic E-state index is 11.9. The summed E-state index contributed by atoms with van der Waals surface area (Å²) in [6.45, 7) is 4.32. The Morgan fingerprint density at radius 3 is 2.83 bits per heavy atom. The van der Waals surface area contributed by atoms with E-state index in [9.17, 15) is 8.42 Å². The van der Waals surface area contributed by atoms with Crippen LogP contribution in [0.3, 0.4) is 0 Å². The summed E-state index contributed by atoms with van der Waals surface area (Å²) in [6, 6.07) is 1.26. The number of anilines is 1. The van der Waals surface area contributed by atoms with Crippen LogP contribution < -0.4 is 10.5 Å². The topological polar surface area (TPSA) is 94.3 Å². The Balaban J connectivity index is 2.77. The molecule has 0 spiro atoms. The van der Waals surface area contributed by atoms with E-state index in [4.69, 9.17) is 22.1 Å². The molecule has 0 saturated heterocycles. The summed E-state index contributed by atoms with van der Waals surface area (Å²) in [5, 5.41) is 0.107. The Labute approximate surface area is 112 Å². The summed E-state index contributed by atoms with van der Waals surface area (Å²) >= 11 is 5.73. The van der Waals surface area contributed by atoms with Gasteiger partial charge >= 0.3 is 0 Å². The van der Waals surface area contributed by atoms with Crippen LogP contribution in [-0.4, -0.2) is 32.7 Å². The molecule has 8 heteroatoms. The van der Waals surface area contributed by atoms with E-state index in [-0.39, 0.29) is 28.4 Å². The Bertz CT molecular complexity index is 507. The first-order valence-corrected chi connectivity index (χ1v) is 7.25. The number of nitrogens with zero attached hydrogens (tertiary/aromatic N) is 1. The van der Waals surface area contributed by atoms with Crippen LogP contribution in [0, 0.1) is 0 Å². The minimum absolute atomic E-state index is 0.0228. The zero-order valence-corrected chi connectivity index (χ0v) is 11.8. The van der Waals surface area contributed by atoms with E-state index >= 15 is 0 Å². The second-order valence-corrected chi connectivity index (χ2v) is 5.83. The fourth-order valence-electron chi connectivity index (χ4n) is 1.23. The van der Waals surface area contributed by atoms with Gasteiger partial charge in [-0.05, 0) is 19.9 Å². The first-order chi connectivity index (χ1) is 8.36. The van der Waals surface area contributed by atoms with E-state index in [1.54, 1.807) is 6.92 Å². The summed E-state index contributed by atoms with van der Waals surface area (Å²) in [6.07, 6.45) is 0.955. The van der Waals surface area contributed by atoms with E-state index in [2.05, 4.69) is 9.71 Å². The van der Waals surface area contributed by atoms with Crippen molar-refractivity contribution in [3.8, 4) is 0 Å². The molecule has 0 aliphatic carbocycles. The van der Waals surface area contributed by atoms with Gasteiger partial charge in [0.15, 0.2) is 0 Å². The van der Waals surface area contributed by atoms with E-state index < -0.39 is 10.0 Å². The van der Waals surface area contributed by atoms with Crippen LogP contribution in [0.5, 0.6) is 0 Å². The van der Waals surface area contributed by atoms with Crippen molar-refractivity contribution in [2.24, 2.45) is 0 Å². The molecule has 1 aromatic rings. The van der Waals surface area contributed by atoms with Gasteiger partial charge < -0.3 is 10.5 Å². The number of aromatic nitrogens is 1. The van der Waals surface area contributed by atoms with Gasteiger partial charge in [-0.2, -0.15) is 0 Å². The lowest BCUT2D eigenvalue weighted by atomic mass is 10.4. The molecule has 6 nitrogen and oxygen atoms in total. The van der Waals surface area contributed by atoms with Gasteiger partial charge in [-0.1, -0.05) is 11.6 Å². The van der Waals surface area contributed by atoms with Crippen molar-refractivity contribution < 1.29 is 13.2 Å². The van der Waals surface area contributed by atoms with Crippen LogP contribution in [0.2, 0.25) is 5.02 Å². The lowest BCUT2D eigenvalue weighted by Crippen LogP contribution is -2.32. The van der Waals surface area contributed by atoms with Crippen LogP contribution in [0.15, 0.2) is 17.2 Å². The van der Waals surface area contributed by atoms with Gasteiger partial charge in [0.2, 0.25) is 10.0 Å². The van der Waals surface area contributed by atoms with Gasteiger partial charge in [0.25, 0.3) is 0 Å². The number of nitrogen functional groups attached to an aromatic ring is 1. The minimum atomic E-state index is -3.65. The lowest BCUT2D eigenvalue weighted by Gasteiger charge is -2.13. The van der Waals surface area contributed by atoms with E-state index in [0.717, 1.165) is 6.20 Å². The second kappa shape index (κ2) is 6.33. The molecule has 0 aliphatic rings. The minimum Gasteiger partial charge on any atom is -0.382 e. The fourth-order valence-corrected chi connectivity index (χ4v) is 2.55. The molecular formula is C10H16ClN3O3S. The van der Waals surface area contributed by atoms with Gasteiger partial charge in [0.05, 0.1) is 11.1 Å². The van der Waals surface area contributed by atoms with Crippen molar-refractivity contribution in [1.82, 2.24) is 9.71 Å². The molecule has 1 aromatic heterocycles. The Kier molecular flexibility index (Phi) is 5.33. The van der Waals surface area contributed by atoms with Crippen molar-refractivity contribution in [2.45, 2.75) is 24.8 Å². The summed E-state index contributed by atoms with van der Waals surface area (Å²) in [5.74, 6) is 0.0956. The van der Waals surface area contributed by atoms with Gasteiger partial charge in [0.1, 0.15) is 10.7 Å². The zero-order chi connectivity index (χ0) is 13.8. The monoisotopic (exact) mass is 293 g/mol. The lowest BCUT2D eigenvalue weighted by molar-refractivity contribution is 0.0799. The van der Waals surface area contributed by atoms with Crippen molar-refractivity contribution in [2.75, 3.05) is 18.9 Å². The second-order valence-electron chi connectivity index (χ2n) is 3.66. The number of ether oxygens (including phenoxy) is 1. The quantitative estimate of drug-likeness (QED) is 0.816. The van der Waals surface area contributed by atoms with Crippen LogP contribution in [-0.2, 0) is 14.8 Å². The van der Waals surface area contributed by atoms with Crippen molar-refractivity contribution in [3.63, 3.8) is 0 Å². The third-order valence-corrected chi connectivity index (χ3v) is 3.86. The highest BCUT2D eigenvalue weighted by atomic mass is 35.5. The fraction of sp³-hybridized carbons (Fsp3) is 0.500. The number of sulfonamides is 1. The number of hydrogen-bond donors (Lipinski definition) is 2. The number of nitrogens with one attached hydrogen (secondary N) is 1. The summed E-state index contributed by atoms with van der Waals surface area (Å²) in [4.78, 5) is 3.68. The largest absolute Gasteiger partial charge is 0.382 e. The summed E-state index contributed by atoms with van der Waals surface area (Å²) < 4.78 is 31.4. The van der Waals surface area contributed by atoms with Crippen molar-refractivity contribution >= 4 is 27.4 Å². The molecule has 1 unspecified atom stereocenters. The van der Waals surface area contributed by atoms with Gasteiger partial charge in [-0.3, -0.25) is 0 Å². The van der Waals surface area contributed by atoms with Gasteiger partial charge in [0, 0.05) is 19.3 Å². The van der Waals surface area contributed by atoms with E-state index in [1.807, 2.05) is 6.92 Å². The molecular weight excluding hydrogens is 278 g/mol. The molecule has 18 heavy (non-hydrogen) atoms. The van der Waals surface area contributed by atoms with Crippen molar-refractivity contribution in [3.05, 3.63) is 17.3 Å². The van der Waals surface area contributed by atoms with E-state index in [1.165, 1.54) is 6.07 Å². The molecule has 1 rings (SSSR count). The number of pyridine rings is 1. The highest BCUT2D eigenvalue weighted by Gasteiger charge is 2.17. The SMILES string of the molecule is CCOC(C)CNS(=O)(=O)c1cnc(N)c(Cl)c1. The average molecular weight is 294 g/mol. The molecule has 0 bridgehead atoms. The number of hydrogen-bond acceptors (Lipinski definition) is 5. The molecule has 0 saturated carbocycles. The zero-order valence-electron chi connectivity index (χ0n) is 10.2. The van der Waals surface area contributed by atoms with Crippen LogP contribution in [0.1, 0.15) is 13.8 Å². The van der Waals surface area contributed by atoms with E-state index in [0.29, 0.717) is 6.61 Å². The maximum Gasteiger partial charge on any atom is 0.242 e. The first-order valence-electron chi connectivity index (χ1n) is 5.39. The number of nitrogens with two attached hydrogens (primary N) is 1. The van der Waals surface area contributed by atoms with Crippen LogP contribution in [0.25, 0.3) is 0 Å². The van der Waals surface area contributed by atoms with Gasteiger partial charge in [-0.25, -0.2) is 18.1 Å². The summed E-state index contributed by atoms with van der Waals surface area (Å²) in [7, 11) is -3.65. The standard InChI is InChI=1S/C10H16ClN3O3S/c1-3-17-7(2)5-14-18(15,16)8-4-9(11)10(12)13-6-8/h4,6-7,14H,3,5H2,1-2H3,(H2,12,13). The third kappa shape index (κ3) is 4.09. The highest BCUT2D eigenvalue weighted by molar-refractivity contribution is 7.89.